The summed E-state index contributed by atoms with van der Waals surface area (Å²) in [5.41, 5.74) is 1.19. The minimum absolute atomic E-state index is 0.0302. The largest absolute Gasteiger partial charge is 0.497 e. The van der Waals surface area contributed by atoms with E-state index in [0.29, 0.717) is 0 Å². The third kappa shape index (κ3) is 4.88. The number of hydrogen-bond acceptors (Lipinski definition) is 3. The van der Waals surface area contributed by atoms with Crippen molar-refractivity contribution in [2.24, 2.45) is 0 Å². The molecule has 1 spiro atoms. The summed E-state index contributed by atoms with van der Waals surface area (Å²) in [6.07, 6.45) is 7.40. The summed E-state index contributed by atoms with van der Waals surface area (Å²) in [4.78, 5) is 12.4. The maximum atomic E-state index is 12.4. The van der Waals surface area contributed by atoms with Gasteiger partial charge in [0.25, 0.3) is 0 Å². The molecular formula is C20H30N2O3. The van der Waals surface area contributed by atoms with E-state index < -0.39 is 0 Å². The van der Waals surface area contributed by atoms with Gasteiger partial charge in [0, 0.05) is 18.7 Å². The van der Waals surface area contributed by atoms with E-state index in [0.717, 1.165) is 50.0 Å². The van der Waals surface area contributed by atoms with Gasteiger partial charge in [-0.3, -0.25) is 0 Å². The Morgan fingerprint density at radius 2 is 2.20 bits per heavy atom. The highest BCUT2D eigenvalue weighted by Crippen LogP contribution is 2.39. The molecule has 0 radical (unpaired) electrons. The Kier molecular flexibility index (Phi) is 5.84. The Morgan fingerprint density at radius 1 is 1.40 bits per heavy atom. The maximum Gasteiger partial charge on any atom is 0.315 e. The van der Waals surface area contributed by atoms with Gasteiger partial charge in [-0.25, -0.2) is 4.79 Å². The first-order valence-corrected chi connectivity index (χ1v) is 9.42. The van der Waals surface area contributed by atoms with Gasteiger partial charge in [-0.2, -0.15) is 0 Å². The van der Waals surface area contributed by atoms with Crippen LogP contribution in [0.1, 0.15) is 51.0 Å². The number of carbonyl (C=O) groups excluding carboxylic acids is 1. The summed E-state index contributed by atoms with van der Waals surface area (Å²) >= 11 is 0. The second-order valence-electron chi connectivity index (χ2n) is 7.50. The molecule has 1 saturated carbocycles. The Bertz CT molecular complexity index is 584. The number of nitrogens with one attached hydrogen (secondary N) is 2. The van der Waals surface area contributed by atoms with E-state index >= 15 is 0 Å². The molecule has 0 bridgehead atoms. The molecule has 2 amide bonds. The van der Waals surface area contributed by atoms with E-state index in [9.17, 15) is 4.79 Å². The van der Waals surface area contributed by atoms with Crippen LogP contribution in [-0.4, -0.2) is 37.4 Å². The molecule has 0 unspecified atom stereocenters. The monoisotopic (exact) mass is 346 g/mol. The summed E-state index contributed by atoms with van der Waals surface area (Å²) < 4.78 is 11.3. The van der Waals surface area contributed by atoms with Gasteiger partial charge in [-0.05, 0) is 56.7 Å². The summed E-state index contributed by atoms with van der Waals surface area (Å²) in [7, 11) is 1.67. The van der Waals surface area contributed by atoms with Gasteiger partial charge in [-0.1, -0.05) is 25.0 Å². The number of amides is 2. The lowest BCUT2D eigenvalue weighted by molar-refractivity contribution is -0.0820. The van der Waals surface area contributed by atoms with Gasteiger partial charge in [-0.15, -0.1) is 0 Å². The normalized spacial score (nSPS) is 23.2. The average Bonchev–Trinajstić information content (AvgIpc) is 3.02. The standard InChI is InChI=1S/C20H30N2O3/c1-15(12-16-6-5-7-18(13-16)24-2)21-19(23)22-17-8-11-25-20(14-17)9-3-4-10-20/h5-7,13,15,17H,3-4,8-12,14H2,1-2H3,(H2,21,22,23)/t15-,17+/m0/s1. The van der Waals surface area contributed by atoms with E-state index in [2.05, 4.69) is 16.7 Å². The van der Waals surface area contributed by atoms with Crippen LogP contribution in [0.25, 0.3) is 0 Å². The smallest absolute Gasteiger partial charge is 0.315 e. The third-order valence-corrected chi connectivity index (χ3v) is 5.40. The van der Waals surface area contributed by atoms with E-state index in [1.807, 2.05) is 25.1 Å². The van der Waals surface area contributed by atoms with Crippen LogP contribution in [0.2, 0.25) is 0 Å². The van der Waals surface area contributed by atoms with Crippen molar-refractivity contribution in [2.45, 2.75) is 69.6 Å². The lowest BCUT2D eigenvalue weighted by atomic mass is 9.89. The molecule has 1 aromatic rings. The lowest BCUT2D eigenvalue weighted by Crippen LogP contribution is -2.51. The zero-order valence-corrected chi connectivity index (χ0v) is 15.3. The SMILES string of the molecule is COc1cccc(C[C@H](C)NC(=O)N[C@@H]2CCOC3(CCCC3)C2)c1. The fourth-order valence-electron chi connectivity index (χ4n) is 4.17. The van der Waals surface area contributed by atoms with Gasteiger partial charge in [0.15, 0.2) is 0 Å². The van der Waals surface area contributed by atoms with Crippen LogP contribution in [0.5, 0.6) is 5.75 Å². The van der Waals surface area contributed by atoms with Gasteiger partial charge < -0.3 is 20.1 Å². The molecule has 2 N–H and O–H groups in total. The second kappa shape index (κ2) is 8.09. The molecule has 2 fully saturated rings. The van der Waals surface area contributed by atoms with Crippen LogP contribution in [0.4, 0.5) is 4.79 Å². The first-order chi connectivity index (χ1) is 12.1. The van der Waals surface area contributed by atoms with Crippen molar-refractivity contribution in [3.63, 3.8) is 0 Å². The van der Waals surface area contributed by atoms with Crippen molar-refractivity contribution in [2.75, 3.05) is 13.7 Å². The van der Waals surface area contributed by atoms with Crippen LogP contribution in [0.15, 0.2) is 24.3 Å². The molecule has 138 valence electrons. The number of carbonyl (C=O) groups is 1. The van der Waals surface area contributed by atoms with Crippen molar-refractivity contribution in [1.82, 2.24) is 10.6 Å². The topological polar surface area (TPSA) is 59.6 Å². The minimum Gasteiger partial charge on any atom is -0.497 e. The quantitative estimate of drug-likeness (QED) is 0.859. The summed E-state index contributed by atoms with van der Waals surface area (Å²) in [6.45, 7) is 2.78. The Morgan fingerprint density at radius 3 is 2.96 bits per heavy atom. The van der Waals surface area contributed by atoms with Crippen LogP contribution in [-0.2, 0) is 11.2 Å². The number of urea groups is 1. The van der Waals surface area contributed by atoms with E-state index in [1.165, 1.54) is 12.8 Å². The molecule has 5 heteroatoms. The molecule has 2 atom stereocenters. The molecule has 1 saturated heterocycles. The first-order valence-electron chi connectivity index (χ1n) is 9.42. The van der Waals surface area contributed by atoms with Gasteiger partial charge in [0.1, 0.15) is 5.75 Å². The van der Waals surface area contributed by atoms with Gasteiger partial charge in [0.2, 0.25) is 0 Å². The van der Waals surface area contributed by atoms with Crippen LogP contribution >= 0.6 is 0 Å². The second-order valence-corrected chi connectivity index (χ2v) is 7.50. The minimum atomic E-state index is -0.0737. The van der Waals surface area contributed by atoms with Crippen molar-refractivity contribution >= 4 is 6.03 Å². The van der Waals surface area contributed by atoms with E-state index in [1.54, 1.807) is 7.11 Å². The van der Waals surface area contributed by atoms with Crippen molar-refractivity contribution in [1.29, 1.82) is 0 Å². The average molecular weight is 346 g/mol. The number of rotatable bonds is 5. The molecule has 2 aliphatic rings. The fraction of sp³-hybridized carbons (Fsp3) is 0.650. The van der Waals surface area contributed by atoms with Gasteiger partial charge >= 0.3 is 6.03 Å². The summed E-state index contributed by atoms with van der Waals surface area (Å²) in [5.74, 6) is 0.846. The molecule has 25 heavy (non-hydrogen) atoms. The Labute approximate surface area is 150 Å². The Hall–Kier alpha value is -1.75. The lowest BCUT2D eigenvalue weighted by Gasteiger charge is -2.38. The van der Waals surface area contributed by atoms with Crippen molar-refractivity contribution in [3.05, 3.63) is 29.8 Å². The number of hydrogen-bond donors (Lipinski definition) is 2. The van der Waals surface area contributed by atoms with Crippen LogP contribution < -0.4 is 15.4 Å². The molecular weight excluding hydrogens is 316 g/mol. The number of ether oxygens (including phenoxy) is 2. The third-order valence-electron chi connectivity index (χ3n) is 5.40. The molecule has 0 aromatic heterocycles. The molecule has 1 heterocycles. The molecule has 1 aliphatic carbocycles. The zero-order valence-electron chi connectivity index (χ0n) is 15.3. The predicted molar refractivity (Wildman–Crippen MR) is 98.0 cm³/mol. The first kappa shape index (κ1) is 18.1. The van der Waals surface area contributed by atoms with Crippen molar-refractivity contribution < 1.29 is 14.3 Å². The molecule has 3 rings (SSSR count). The fourth-order valence-corrected chi connectivity index (χ4v) is 4.17. The molecule has 1 aliphatic heterocycles. The van der Waals surface area contributed by atoms with E-state index in [-0.39, 0.29) is 23.7 Å². The van der Waals surface area contributed by atoms with Gasteiger partial charge in [0.05, 0.1) is 12.7 Å². The maximum absolute atomic E-state index is 12.4. The summed E-state index contributed by atoms with van der Waals surface area (Å²) in [6, 6.07) is 8.18. The highest BCUT2D eigenvalue weighted by molar-refractivity contribution is 5.74. The van der Waals surface area contributed by atoms with E-state index in [4.69, 9.17) is 9.47 Å². The summed E-state index contributed by atoms with van der Waals surface area (Å²) in [5, 5.41) is 6.22. The predicted octanol–water partition coefficient (Wildman–Crippen LogP) is 3.42. The molecule has 1 aromatic carbocycles. The highest BCUT2D eigenvalue weighted by Gasteiger charge is 2.40. The van der Waals surface area contributed by atoms with Crippen molar-refractivity contribution in [3.8, 4) is 5.75 Å². The number of benzene rings is 1. The highest BCUT2D eigenvalue weighted by atomic mass is 16.5. The Balaban J connectivity index is 1.46. The zero-order chi connectivity index (χ0) is 17.7. The van der Waals surface area contributed by atoms with Crippen LogP contribution in [0, 0.1) is 0 Å². The van der Waals surface area contributed by atoms with Crippen LogP contribution in [0.3, 0.4) is 0 Å². The number of methoxy groups -OCH3 is 1. The molecule has 5 nitrogen and oxygen atoms in total.